The van der Waals surface area contributed by atoms with Crippen LogP contribution in [0.2, 0.25) is 0 Å². The number of rotatable bonds is 6. The fourth-order valence-corrected chi connectivity index (χ4v) is 5.51. The lowest BCUT2D eigenvalue weighted by atomic mass is 9.70. The van der Waals surface area contributed by atoms with Gasteiger partial charge in [-0.3, -0.25) is 9.58 Å². The smallest absolute Gasteiger partial charge is 0.272 e. The zero-order valence-electron chi connectivity index (χ0n) is 19.1. The van der Waals surface area contributed by atoms with Gasteiger partial charge < -0.3 is 10.1 Å². The summed E-state index contributed by atoms with van der Waals surface area (Å²) in [6.07, 6.45) is 6.25. The number of nitrogens with one attached hydrogen (secondary N) is 1. The molecule has 0 aromatic carbocycles. The highest BCUT2D eigenvalue weighted by atomic mass is 19.3. The maximum absolute atomic E-state index is 14.1. The van der Waals surface area contributed by atoms with Crippen molar-refractivity contribution in [2.24, 2.45) is 5.41 Å². The predicted octanol–water partition coefficient (Wildman–Crippen LogP) is 3.96. The lowest BCUT2D eigenvalue weighted by Crippen LogP contribution is -2.44. The first-order valence-corrected chi connectivity index (χ1v) is 11.6. The molecule has 1 spiro atoms. The van der Waals surface area contributed by atoms with E-state index in [0.717, 1.165) is 75.3 Å². The molecule has 0 amide bonds. The van der Waals surface area contributed by atoms with E-state index in [2.05, 4.69) is 36.2 Å². The monoisotopic (exact) mass is 424 g/mol. The van der Waals surface area contributed by atoms with Crippen molar-refractivity contribution in [2.75, 3.05) is 33.8 Å². The quantitative estimate of drug-likeness (QED) is 0.751. The van der Waals surface area contributed by atoms with Crippen molar-refractivity contribution < 1.29 is 13.5 Å². The molecule has 0 atom stereocenters. The summed E-state index contributed by atoms with van der Waals surface area (Å²) in [6.45, 7) is 7.63. The van der Waals surface area contributed by atoms with Gasteiger partial charge in [-0.1, -0.05) is 13.8 Å². The van der Waals surface area contributed by atoms with Crippen LogP contribution in [0.1, 0.15) is 75.2 Å². The molecule has 0 radical (unpaired) electrons. The van der Waals surface area contributed by atoms with Gasteiger partial charge in [-0.05, 0) is 64.0 Å². The van der Waals surface area contributed by atoms with Gasteiger partial charge in [0.15, 0.2) is 0 Å². The van der Waals surface area contributed by atoms with Gasteiger partial charge in [0, 0.05) is 30.9 Å². The summed E-state index contributed by atoms with van der Waals surface area (Å²) in [7, 11) is 4.02. The highest BCUT2D eigenvalue weighted by Crippen LogP contribution is 2.49. The number of fused-ring (bicyclic) bond motifs is 1. The van der Waals surface area contributed by atoms with Crippen molar-refractivity contribution in [3.8, 4) is 0 Å². The summed E-state index contributed by atoms with van der Waals surface area (Å²) in [5.41, 5.74) is 3.19. The third-order valence-electron chi connectivity index (χ3n) is 7.48. The van der Waals surface area contributed by atoms with Gasteiger partial charge in [0.1, 0.15) is 6.54 Å². The van der Waals surface area contributed by atoms with E-state index >= 15 is 0 Å². The molecule has 170 valence electrons. The number of likely N-dealkylation sites (N-methyl/N-ethyl adjacent to an activating group) is 2. The topological polar surface area (TPSA) is 42.3 Å². The molecule has 1 N–H and O–H groups in total. The average molecular weight is 425 g/mol. The van der Waals surface area contributed by atoms with E-state index in [9.17, 15) is 8.78 Å². The van der Waals surface area contributed by atoms with Crippen LogP contribution >= 0.6 is 0 Å². The molecule has 1 aromatic heterocycles. The zero-order chi connectivity index (χ0) is 21.6. The van der Waals surface area contributed by atoms with Crippen LogP contribution in [-0.4, -0.2) is 60.0 Å². The molecule has 1 saturated heterocycles. The summed E-state index contributed by atoms with van der Waals surface area (Å²) >= 11 is 0. The Morgan fingerprint density at radius 3 is 2.57 bits per heavy atom. The largest absolute Gasteiger partial charge is 0.374 e. The maximum Gasteiger partial charge on any atom is 0.272 e. The summed E-state index contributed by atoms with van der Waals surface area (Å²) < 4.78 is 36.3. The third kappa shape index (κ3) is 4.58. The molecule has 1 saturated carbocycles. The van der Waals surface area contributed by atoms with Gasteiger partial charge >= 0.3 is 0 Å². The van der Waals surface area contributed by atoms with Gasteiger partial charge in [0.2, 0.25) is 0 Å². The normalized spacial score (nSPS) is 30.2. The molecule has 3 aliphatic rings. The second kappa shape index (κ2) is 8.14. The minimum absolute atomic E-state index is 0.00996. The Kier molecular flexibility index (Phi) is 6.01. The Bertz CT molecular complexity index is 741. The van der Waals surface area contributed by atoms with Crippen molar-refractivity contribution in [3.63, 3.8) is 0 Å². The van der Waals surface area contributed by atoms with Crippen LogP contribution < -0.4 is 5.32 Å². The minimum atomic E-state index is -2.67. The second-order valence-electron chi connectivity index (χ2n) is 10.7. The van der Waals surface area contributed by atoms with Crippen molar-refractivity contribution in [3.05, 3.63) is 17.0 Å². The molecular formula is C23H38F2N4O. The van der Waals surface area contributed by atoms with Crippen molar-refractivity contribution in [2.45, 2.75) is 89.3 Å². The van der Waals surface area contributed by atoms with Gasteiger partial charge in [0.25, 0.3) is 5.92 Å². The summed E-state index contributed by atoms with van der Waals surface area (Å²) in [5.74, 6) is -2.35. The summed E-state index contributed by atoms with van der Waals surface area (Å²) in [6, 6.07) is 0. The van der Waals surface area contributed by atoms with Crippen molar-refractivity contribution >= 4 is 0 Å². The van der Waals surface area contributed by atoms with Crippen molar-refractivity contribution in [1.29, 1.82) is 0 Å². The second-order valence-corrected chi connectivity index (χ2v) is 10.7. The van der Waals surface area contributed by atoms with E-state index in [1.54, 1.807) is 4.68 Å². The van der Waals surface area contributed by atoms with Crippen LogP contribution in [0.25, 0.3) is 0 Å². The molecule has 0 bridgehead atoms. The molecule has 7 heteroatoms. The number of aromatic nitrogens is 2. The predicted molar refractivity (Wildman–Crippen MR) is 114 cm³/mol. The van der Waals surface area contributed by atoms with Crippen LogP contribution in [0.4, 0.5) is 8.78 Å². The van der Waals surface area contributed by atoms with Crippen LogP contribution in [0.5, 0.6) is 0 Å². The van der Waals surface area contributed by atoms with E-state index in [-0.39, 0.29) is 24.0 Å². The van der Waals surface area contributed by atoms with Gasteiger partial charge in [-0.15, -0.1) is 0 Å². The Labute approximate surface area is 179 Å². The first-order valence-electron chi connectivity index (χ1n) is 11.6. The fraction of sp³-hybridized carbons (Fsp3) is 0.870. The molecule has 0 unspecified atom stereocenters. The molecule has 2 fully saturated rings. The zero-order valence-corrected chi connectivity index (χ0v) is 19.1. The van der Waals surface area contributed by atoms with Gasteiger partial charge in [0.05, 0.1) is 24.3 Å². The SMILES string of the molecule is CNCCN(C)Cc1nn2c(c1[C@H]1CC[C@@]3(CCC(C)(C)CO3)CC1)CC(F)(F)C2. The molecule has 4 rings (SSSR count). The summed E-state index contributed by atoms with van der Waals surface area (Å²) in [5, 5.41) is 7.85. The molecule has 2 aliphatic heterocycles. The third-order valence-corrected chi connectivity index (χ3v) is 7.48. The first-order chi connectivity index (χ1) is 14.1. The Morgan fingerprint density at radius 1 is 1.20 bits per heavy atom. The number of halogens is 2. The van der Waals surface area contributed by atoms with E-state index in [4.69, 9.17) is 4.74 Å². The Morgan fingerprint density at radius 2 is 1.93 bits per heavy atom. The van der Waals surface area contributed by atoms with E-state index < -0.39 is 5.92 Å². The van der Waals surface area contributed by atoms with Crippen molar-refractivity contribution in [1.82, 2.24) is 20.0 Å². The number of hydrogen-bond donors (Lipinski definition) is 1. The molecule has 5 nitrogen and oxygen atoms in total. The van der Waals surface area contributed by atoms with Crippen LogP contribution in [-0.2, 0) is 24.2 Å². The van der Waals surface area contributed by atoms with Crippen LogP contribution in [0.15, 0.2) is 0 Å². The number of alkyl halides is 2. The molecule has 3 heterocycles. The average Bonchev–Trinajstić information content (AvgIpc) is 3.14. The molecule has 1 aliphatic carbocycles. The van der Waals surface area contributed by atoms with Crippen LogP contribution in [0.3, 0.4) is 0 Å². The first kappa shape index (κ1) is 22.2. The van der Waals surface area contributed by atoms with E-state index in [0.29, 0.717) is 5.92 Å². The minimum Gasteiger partial charge on any atom is -0.374 e. The lowest BCUT2D eigenvalue weighted by Gasteiger charge is -2.47. The maximum atomic E-state index is 14.1. The summed E-state index contributed by atoms with van der Waals surface area (Å²) in [4.78, 5) is 2.23. The van der Waals surface area contributed by atoms with E-state index in [1.165, 1.54) is 6.42 Å². The number of ether oxygens (including phenoxy) is 1. The molecular weight excluding hydrogens is 386 g/mol. The highest BCUT2D eigenvalue weighted by Gasteiger charge is 2.46. The number of hydrogen-bond acceptors (Lipinski definition) is 4. The Hall–Kier alpha value is -1.05. The standard InChI is InChI=1S/C23H38F2N4O/c1-21(2)9-10-22(30-16-21)7-5-17(6-8-22)20-18(14-28(4)12-11-26-3)27-29-15-23(24,25)13-19(20)29/h17,26H,5-16H2,1-4H3/t17-,22-. The van der Waals surface area contributed by atoms with E-state index in [1.807, 2.05) is 7.05 Å². The lowest BCUT2D eigenvalue weighted by molar-refractivity contribution is -0.142. The van der Waals surface area contributed by atoms with Gasteiger partial charge in [-0.25, -0.2) is 8.78 Å². The highest BCUT2D eigenvalue weighted by molar-refractivity contribution is 5.34. The van der Waals surface area contributed by atoms with Crippen LogP contribution in [0, 0.1) is 5.41 Å². The Balaban J connectivity index is 1.50. The fourth-order valence-electron chi connectivity index (χ4n) is 5.51. The molecule has 1 aromatic rings. The van der Waals surface area contributed by atoms with Gasteiger partial charge in [-0.2, -0.15) is 5.10 Å². The number of nitrogens with zero attached hydrogens (tertiary/aromatic N) is 3. The molecule has 30 heavy (non-hydrogen) atoms.